The molecule has 3 rings (SSSR count). The van der Waals surface area contributed by atoms with Crippen LogP contribution < -0.4 is 10.6 Å². The van der Waals surface area contributed by atoms with Gasteiger partial charge in [0.1, 0.15) is 23.2 Å². The van der Waals surface area contributed by atoms with Gasteiger partial charge in [-0.15, -0.1) is 0 Å². The Kier molecular flexibility index (Phi) is 5.14. The van der Waals surface area contributed by atoms with Gasteiger partial charge in [-0.2, -0.15) is 0 Å². The third kappa shape index (κ3) is 4.15. The Hall–Kier alpha value is -2.99. The van der Waals surface area contributed by atoms with Gasteiger partial charge in [0.2, 0.25) is 0 Å². The molecule has 26 heavy (non-hydrogen) atoms. The van der Waals surface area contributed by atoms with E-state index in [0.29, 0.717) is 16.7 Å². The standard InChI is InChI=1S/C19H16ClFN4O/c1-11-7-8-13(9-14(11)20)24-18-10-17(22-12(2)23-18)19(26)25-16-6-4-3-5-15(16)21/h3-10H,1-2H3,(H,25,26)(H,22,23,24). The molecular weight excluding hydrogens is 355 g/mol. The van der Waals surface area contributed by atoms with Crippen LogP contribution in [-0.4, -0.2) is 15.9 Å². The Balaban J connectivity index is 1.84. The molecular formula is C19H16ClFN4O. The lowest BCUT2D eigenvalue weighted by Gasteiger charge is -2.10. The topological polar surface area (TPSA) is 66.9 Å². The molecule has 1 heterocycles. The normalized spacial score (nSPS) is 10.5. The number of benzene rings is 2. The number of carbonyl (C=O) groups excluding carboxylic acids is 1. The fourth-order valence-corrected chi connectivity index (χ4v) is 2.50. The highest BCUT2D eigenvalue weighted by Crippen LogP contribution is 2.23. The lowest BCUT2D eigenvalue weighted by atomic mass is 10.2. The van der Waals surface area contributed by atoms with Gasteiger partial charge in [0.15, 0.2) is 0 Å². The van der Waals surface area contributed by atoms with E-state index in [4.69, 9.17) is 11.6 Å². The number of aryl methyl sites for hydroxylation is 2. The number of carbonyl (C=O) groups is 1. The summed E-state index contributed by atoms with van der Waals surface area (Å²) in [6, 6.07) is 12.9. The minimum Gasteiger partial charge on any atom is -0.340 e. The van der Waals surface area contributed by atoms with Crippen molar-refractivity contribution < 1.29 is 9.18 Å². The lowest BCUT2D eigenvalue weighted by molar-refractivity contribution is 0.102. The van der Waals surface area contributed by atoms with Crippen LogP contribution in [-0.2, 0) is 0 Å². The van der Waals surface area contributed by atoms with Crippen molar-refractivity contribution in [1.82, 2.24) is 9.97 Å². The molecule has 0 saturated heterocycles. The van der Waals surface area contributed by atoms with Crippen LogP contribution >= 0.6 is 11.6 Å². The van der Waals surface area contributed by atoms with Crippen LogP contribution in [0.2, 0.25) is 5.02 Å². The monoisotopic (exact) mass is 370 g/mol. The molecule has 3 aromatic rings. The maximum Gasteiger partial charge on any atom is 0.274 e. The molecule has 0 fully saturated rings. The number of para-hydroxylation sites is 1. The highest BCUT2D eigenvalue weighted by Gasteiger charge is 2.13. The Morgan fingerprint density at radius 2 is 1.85 bits per heavy atom. The molecule has 0 unspecified atom stereocenters. The molecule has 0 aliphatic heterocycles. The second-order valence-corrected chi connectivity index (χ2v) is 6.12. The van der Waals surface area contributed by atoms with Crippen molar-refractivity contribution in [3.05, 3.63) is 76.5 Å². The molecule has 0 spiro atoms. The molecule has 7 heteroatoms. The molecule has 5 nitrogen and oxygen atoms in total. The minimum atomic E-state index is -0.523. The van der Waals surface area contributed by atoms with Crippen LogP contribution in [0.15, 0.2) is 48.5 Å². The number of aromatic nitrogens is 2. The van der Waals surface area contributed by atoms with Crippen LogP contribution in [0.3, 0.4) is 0 Å². The zero-order chi connectivity index (χ0) is 18.7. The van der Waals surface area contributed by atoms with Crippen molar-refractivity contribution in [2.45, 2.75) is 13.8 Å². The number of hydrogen-bond donors (Lipinski definition) is 2. The van der Waals surface area contributed by atoms with Gasteiger partial charge in [0.05, 0.1) is 5.69 Å². The van der Waals surface area contributed by atoms with Crippen molar-refractivity contribution in [2.75, 3.05) is 10.6 Å². The molecule has 1 aromatic heterocycles. The van der Waals surface area contributed by atoms with Gasteiger partial charge in [-0.25, -0.2) is 14.4 Å². The summed E-state index contributed by atoms with van der Waals surface area (Å²) in [5, 5.41) is 6.23. The van der Waals surface area contributed by atoms with Crippen molar-refractivity contribution >= 4 is 34.7 Å². The van der Waals surface area contributed by atoms with Gasteiger partial charge in [0, 0.05) is 16.8 Å². The van der Waals surface area contributed by atoms with E-state index in [1.165, 1.54) is 18.2 Å². The van der Waals surface area contributed by atoms with E-state index in [2.05, 4.69) is 20.6 Å². The van der Waals surface area contributed by atoms with Gasteiger partial charge in [-0.3, -0.25) is 4.79 Å². The van der Waals surface area contributed by atoms with Gasteiger partial charge in [-0.1, -0.05) is 29.8 Å². The summed E-state index contributed by atoms with van der Waals surface area (Å²) >= 11 is 6.13. The Morgan fingerprint density at radius 1 is 1.08 bits per heavy atom. The van der Waals surface area contributed by atoms with E-state index in [1.807, 2.05) is 19.1 Å². The van der Waals surface area contributed by atoms with E-state index in [-0.39, 0.29) is 11.4 Å². The molecule has 0 radical (unpaired) electrons. The maximum absolute atomic E-state index is 13.7. The summed E-state index contributed by atoms with van der Waals surface area (Å²) in [7, 11) is 0. The summed E-state index contributed by atoms with van der Waals surface area (Å²) in [6.07, 6.45) is 0. The van der Waals surface area contributed by atoms with Crippen molar-refractivity contribution in [3.63, 3.8) is 0 Å². The Bertz CT molecular complexity index is 978. The Morgan fingerprint density at radius 3 is 2.58 bits per heavy atom. The fourth-order valence-electron chi connectivity index (χ4n) is 2.32. The highest BCUT2D eigenvalue weighted by molar-refractivity contribution is 6.31. The van der Waals surface area contributed by atoms with Gasteiger partial charge >= 0.3 is 0 Å². The maximum atomic E-state index is 13.7. The zero-order valence-electron chi connectivity index (χ0n) is 14.2. The number of anilines is 3. The van der Waals surface area contributed by atoms with Crippen LogP contribution in [0.4, 0.5) is 21.6 Å². The third-order valence-electron chi connectivity index (χ3n) is 3.64. The number of nitrogens with zero attached hydrogens (tertiary/aromatic N) is 2. The van der Waals surface area contributed by atoms with Crippen molar-refractivity contribution in [1.29, 1.82) is 0 Å². The molecule has 2 aromatic carbocycles. The first-order chi connectivity index (χ1) is 12.4. The van der Waals surface area contributed by atoms with E-state index in [0.717, 1.165) is 11.3 Å². The largest absolute Gasteiger partial charge is 0.340 e. The van der Waals surface area contributed by atoms with E-state index >= 15 is 0 Å². The first-order valence-corrected chi connectivity index (χ1v) is 8.25. The molecule has 0 aliphatic carbocycles. The SMILES string of the molecule is Cc1nc(Nc2ccc(C)c(Cl)c2)cc(C(=O)Nc2ccccc2F)n1. The molecule has 0 bridgehead atoms. The summed E-state index contributed by atoms with van der Waals surface area (Å²) in [6.45, 7) is 3.58. The summed E-state index contributed by atoms with van der Waals surface area (Å²) in [5.41, 5.74) is 1.91. The van der Waals surface area contributed by atoms with Gasteiger partial charge in [0.25, 0.3) is 5.91 Å². The molecule has 1 amide bonds. The van der Waals surface area contributed by atoms with Crippen LogP contribution in [0.25, 0.3) is 0 Å². The van der Waals surface area contributed by atoms with Crippen molar-refractivity contribution in [3.8, 4) is 0 Å². The fraction of sp³-hybridized carbons (Fsp3) is 0.105. The quantitative estimate of drug-likeness (QED) is 0.686. The number of halogens is 2. The molecule has 0 atom stereocenters. The van der Waals surface area contributed by atoms with Gasteiger partial charge < -0.3 is 10.6 Å². The third-order valence-corrected chi connectivity index (χ3v) is 4.04. The second kappa shape index (κ2) is 7.49. The van der Waals surface area contributed by atoms with Gasteiger partial charge in [-0.05, 0) is 43.7 Å². The zero-order valence-corrected chi connectivity index (χ0v) is 14.9. The first kappa shape index (κ1) is 17.8. The van der Waals surface area contributed by atoms with Crippen LogP contribution in [0.5, 0.6) is 0 Å². The smallest absolute Gasteiger partial charge is 0.274 e. The number of amides is 1. The number of rotatable bonds is 4. The van der Waals surface area contributed by atoms with E-state index in [9.17, 15) is 9.18 Å². The molecule has 2 N–H and O–H groups in total. The lowest BCUT2D eigenvalue weighted by Crippen LogP contribution is -2.16. The predicted octanol–water partition coefficient (Wildman–Crippen LogP) is 4.88. The number of nitrogens with one attached hydrogen (secondary N) is 2. The summed E-state index contributed by atoms with van der Waals surface area (Å²) in [4.78, 5) is 20.8. The minimum absolute atomic E-state index is 0.0913. The highest BCUT2D eigenvalue weighted by atomic mass is 35.5. The van der Waals surface area contributed by atoms with Crippen LogP contribution in [0.1, 0.15) is 21.9 Å². The second-order valence-electron chi connectivity index (χ2n) is 5.71. The summed E-state index contributed by atoms with van der Waals surface area (Å²) in [5.74, 6) is -0.187. The average Bonchev–Trinajstić information content (AvgIpc) is 2.59. The first-order valence-electron chi connectivity index (χ1n) is 7.87. The number of hydrogen-bond acceptors (Lipinski definition) is 4. The Labute approximate surface area is 155 Å². The molecule has 0 saturated carbocycles. The van der Waals surface area contributed by atoms with Crippen molar-refractivity contribution in [2.24, 2.45) is 0 Å². The average molecular weight is 371 g/mol. The summed E-state index contributed by atoms with van der Waals surface area (Å²) < 4.78 is 13.7. The molecule has 0 aliphatic rings. The molecule has 132 valence electrons. The van der Waals surface area contributed by atoms with E-state index < -0.39 is 11.7 Å². The van der Waals surface area contributed by atoms with E-state index in [1.54, 1.807) is 25.1 Å². The predicted molar refractivity (Wildman–Crippen MR) is 101 cm³/mol. The van der Waals surface area contributed by atoms with Crippen LogP contribution in [0, 0.1) is 19.7 Å².